The lowest BCUT2D eigenvalue weighted by Gasteiger charge is -2.14. The fourth-order valence-electron chi connectivity index (χ4n) is 1.61. The molecule has 7 heteroatoms. The number of halogens is 2. The maximum absolute atomic E-state index is 14.3. The molecular formula is C13H20ClFN2O2S. The van der Waals surface area contributed by atoms with E-state index in [2.05, 4.69) is 10.0 Å². The van der Waals surface area contributed by atoms with Crippen molar-refractivity contribution in [1.82, 2.24) is 10.0 Å². The molecule has 0 bridgehead atoms. The van der Waals surface area contributed by atoms with E-state index in [0.29, 0.717) is 13.0 Å². The minimum atomic E-state index is -3.91. The molecule has 0 aliphatic heterocycles. The van der Waals surface area contributed by atoms with Crippen LogP contribution in [0.15, 0.2) is 17.0 Å². The summed E-state index contributed by atoms with van der Waals surface area (Å²) in [5.41, 5.74) is 0.240. The number of hydrogen-bond donors (Lipinski definition) is 2. The van der Waals surface area contributed by atoms with Crippen LogP contribution in [-0.2, 0) is 16.6 Å². The van der Waals surface area contributed by atoms with E-state index in [1.54, 1.807) is 6.92 Å². The molecule has 0 spiro atoms. The Hall–Kier alpha value is -0.690. The van der Waals surface area contributed by atoms with Gasteiger partial charge >= 0.3 is 0 Å². The minimum absolute atomic E-state index is 0.198. The lowest BCUT2D eigenvalue weighted by Crippen LogP contribution is -2.32. The van der Waals surface area contributed by atoms with Crippen LogP contribution in [-0.4, -0.2) is 21.0 Å². The maximum Gasteiger partial charge on any atom is 0.243 e. The summed E-state index contributed by atoms with van der Waals surface area (Å²) in [5, 5.41) is 3.15. The molecule has 114 valence electrons. The molecular weight excluding hydrogens is 303 g/mol. The van der Waals surface area contributed by atoms with Gasteiger partial charge in [-0.05, 0) is 32.0 Å². The second-order valence-corrected chi connectivity index (χ2v) is 6.71. The van der Waals surface area contributed by atoms with Gasteiger partial charge in [-0.25, -0.2) is 17.5 Å². The zero-order chi connectivity index (χ0) is 15.3. The van der Waals surface area contributed by atoms with Crippen LogP contribution in [0.3, 0.4) is 0 Å². The van der Waals surface area contributed by atoms with Crippen molar-refractivity contribution < 1.29 is 12.8 Å². The maximum atomic E-state index is 14.3. The van der Waals surface area contributed by atoms with Gasteiger partial charge in [0, 0.05) is 23.2 Å². The lowest BCUT2D eigenvalue weighted by molar-refractivity contribution is 0.531. The molecule has 2 N–H and O–H groups in total. The van der Waals surface area contributed by atoms with Crippen LogP contribution in [0, 0.1) is 5.82 Å². The van der Waals surface area contributed by atoms with Gasteiger partial charge in [-0.15, -0.1) is 0 Å². The highest BCUT2D eigenvalue weighted by molar-refractivity contribution is 7.89. The average molecular weight is 323 g/mol. The topological polar surface area (TPSA) is 58.2 Å². The van der Waals surface area contributed by atoms with Crippen molar-refractivity contribution in [1.29, 1.82) is 0 Å². The molecule has 20 heavy (non-hydrogen) atoms. The van der Waals surface area contributed by atoms with Crippen LogP contribution >= 0.6 is 11.6 Å². The van der Waals surface area contributed by atoms with Crippen LogP contribution < -0.4 is 10.0 Å². The van der Waals surface area contributed by atoms with Gasteiger partial charge in [0.25, 0.3) is 0 Å². The van der Waals surface area contributed by atoms with Crippen molar-refractivity contribution in [3.8, 4) is 0 Å². The fourth-order valence-corrected chi connectivity index (χ4v) is 3.39. The summed E-state index contributed by atoms with van der Waals surface area (Å²) in [6.07, 6.45) is 0.617. The first-order valence-corrected chi connectivity index (χ1v) is 8.38. The summed E-state index contributed by atoms with van der Waals surface area (Å²) in [7, 11) is -3.91. The van der Waals surface area contributed by atoms with Gasteiger partial charge < -0.3 is 5.32 Å². The predicted octanol–water partition coefficient (Wildman–Crippen LogP) is 2.67. The summed E-state index contributed by atoms with van der Waals surface area (Å²) in [6, 6.07) is 2.30. The highest BCUT2D eigenvalue weighted by Gasteiger charge is 2.23. The van der Waals surface area contributed by atoms with Crippen LogP contribution in [0.5, 0.6) is 0 Å². The Morgan fingerprint density at radius 3 is 2.55 bits per heavy atom. The lowest BCUT2D eigenvalue weighted by atomic mass is 10.2. The van der Waals surface area contributed by atoms with Crippen molar-refractivity contribution in [2.45, 2.75) is 44.7 Å². The molecule has 0 aliphatic carbocycles. The van der Waals surface area contributed by atoms with Crippen molar-refractivity contribution in [3.63, 3.8) is 0 Å². The van der Waals surface area contributed by atoms with Gasteiger partial charge in [0.05, 0.1) is 0 Å². The molecule has 0 fully saturated rings. The Kier molecular flexibility index (Phi) is 6.39. The molecule has 4 nitrogen and oxygen atoms in total. The Labute approximate surface area is 124 Å². The van der Waals surface area contributed by atoms with Crippen LogP contribution in [0.4, 0.5) is 4.39 Å². The number of sulfonamides is 1. The second-order valence-electron chi connectivity index (χ2n) is 4.59. The van der Waals surface area contributed by atoms with E-state index in [1.807, 2.05) is 13.8 Å². The predicted molar refractivity (Wildman–Crippen MR) is 78.9 cm³/mol. The van der Waals surface area contributed by atoms with E-state index >= 15 is 0 Å². The van der Waals surface area contributed by atoms with Crippen molar-refractivity contribution in [2.75, 3.05) is 6.54 Å². The SMILES string of the molecule is CCNCc1cc(Cl)cc(S(=O)(=O)NC(C)CC)c1F. The Balaban J connectivity index is 3.20. The zero-order valence-corrected chi connectivity index (χ0v) is 13.4. The Morgan fingerprint density at radius 2 is 2.00 bits per heavy atom. The first kappa shape index (κ1) is 17.4. The molecule has 1 aromatic carbocycles. The molecule has 1 unspecified atom stereocenters. The highest BCUT2D eigenvalue weighted by atomic mass is 35.5. The molecule has 1 aromatic rings. The van der Waals surface area contributed by atoms with Crippen LogP contribution in [0.25, 0.3) is 0 Å². The molecule has 0 saturated heterocycles. The summed E-state index contributed by atoms with van der Waals surface area (Å²) in [5.74, 6) is -0.758. The standard InChI is InChI=1S/C13H20ClFN2O2S/c1-4-9(3)17-20(18,19)12-7-11(14)6-10(13(12)15)8-16-5-2/h6-7,9,16-17H,4-5,8H2,1-3H3. The molecule has 1 atom stereocenters. The average Bonchev–Trinajstić information content (AvgIpc) is 2.38. The molecule has 0 radical (unpaired) electrons. The Bertz CT molecular complexity index is 564. The number of benzene rings is 1. The van der Waals surface area contributed by atoms with Crippen molar-refractivity contribution in [3.05, 3.63) is 28.5 Å². The molecule has 1 rings (SSSR count). The smallest absolute Gasteiger partial charge is 0.243 e. The van der Waals surface area contributed by atoms with Gasteiger partial charge in [0.15, 0.2) is 0 Å². The van der Waals surface area contributed by atoms with E-state index in [4.69, 9.17) is 11.6 Å². The van der Waals surface area contributed by atoms with Gasteiger partial charge in [0.1, 0.15) is 10.7 Å². The second kappa shape index (κ2) is 7.36. The molecule has 0 heterocycles. The van der Waals surface area contributed by atoms with E-state index in [9.17, 15) is 12.8 Å². The van der Waals surface area contributed by atoms with E-state index in [0.717, 1.165) is 6.07 Å². The largest absolute Gasteiger partial charge is 0.313 e. The summed E-state index contributed by atoms with van der Waals surface area (Å²) in [4.78, 5) is -0.404. The van der Waals surface area contributed by atoms with E-state index < -0.39 is 20.7 Å². The van der Waals surface area contributed by atoms with E-state index in [-0.39, 0.29) is 23.2 Å². The van der Waals surface area contributed by atoms with Gasteiger partial charge in [-0.1, -0.05) is 25.4 Å². The normalized spacial score (nSPS) is 13.4. The van der Waals surface area contributed by atoms with E-state index in [1.165, 1.54) is 6.07 Å². The first-order valence-electron chi connectivity index (χ1n) is 6.52. The van der Waals surface area contributed by atoms with Crippen molar-refractivity contribution >= 4 is 21.6 Å². The number of nitrogens with one attached hydrogen (secondary N) is 2. The summed E-state index contributed by atoms with van der Waals surface area (Å²) in [6.45, 7) is 6.33. The third-order valence-corrected chi connectivity index (χ3v) is 4.71. The summed E-state index contributed by atoms with van der Waals surface area (Å²) < 4.78 is 41.1. The third kappa shape index (κ3) is 4.41. The number of hydrogen-bond acceptors (Lipinski definition) is 3. The molecule has 0 aliphatic rings. The van der Waals surface area contributed by atoms with Gasteiger partial charge in [-0.3, -0.25) is 0 Å². The van der Waals surface area contributed by atoms with Crippen LogP contribution in [0.1, 0.15) is 32.8 Å². The fraction of sp³-hybridized carbons (Fsp3) is 0.538. The van der Waals surface area contributed by atoms with Crippen LogP contribution in [0.2, 0.25) is 5.02 Å². The van der Waals surface area contributed by atoms with Gasteiger partial charge in [-0.2, -0.15) is 0 Å². The Morgan fingerprint density at radius 1 is 1.35 bits per heavy atom. The third-order valence-electron chi connectivity index (χ3n) is 2.90. The molecule has 0 amide bonds. The minimum Gasteiger partial charge on any atom is -0.313 e. The highest BCUT2D eigenvalue weighted by Crippen LogP contribution is 2.24. The monoisotopic (exact) mass is 322 g/mol. The first-order chi connectivity index (χ1) is 9.31. The molecule has 0 aromatic heterocycles. The number of rotatable bonds is 7. The quantitative estimate of drug-likeness (QED) is 0.811. The van der Waals surface area contributed by atoms with Crippen molar-refractivity contribution in [2.24, 2.45) is 0 Å². The summed E-state index contributed by atoms with van der Waals surface area (Å²) >= 11 is 5.89. The van der Waals surface area contributed by atoms with Gasteiger partial charge in [0.2, 0.25) is 10.0 Å². The molecule has 0 saturated carbocycles. The zero-order valence-electron chi connectivity index (χ0n) is 11.8.